The van der Waals surface area contributed by atoms with Gasteiger partial charge < -0.3 is 10.0 Å². The summed E-state index contributed by atoms with van der Waals surface area (Å²) in [6.45, 7) is 5.71. The average molecular weight is 347 g/mol. The summed E-state index contributed by atoms with van der Waals surface area (Å²) in [7, 11) is 0. The molecule has 0 aliphatic carbocycles. The average Bonchev–Trinajstić information content (AvgIpc) is 2.52. The number of carbonyl (C=O) groups is 2. The number of amides is 1. The Morgan fingerprint density at radius 2 is 1.70 bits per heavy atom. The van der Waals surface area contributed by atoms with E-state index in [0.717, 1.165) is 25.9 Å². The quantitative estimate of drug-likeness (QED) is 0.488. The molecule has 1 heterocycles. The summed E-state index contributed by atoms with van der Waals surface area (Å²) in [4.78, 5) is 26.5. The van der Waals surface area contributed by atoms with Crippen LogP contribution in [0, 0.1) is 0 Å². The zero-order chi connectivity index (χ0) is 16.2. The maximum Gasteiger partial charge on any atom is 0.304 e. The van der Waals surface area contributed by atoms with Crippen molar-refractivity contribution in [3.63, 3.8) is 0 Å². The van der Waals surface area contributed by atoms with Gasteiger partial charge in [-0.05, 0) is 18.9 Å². The second-order valence-corrected chi connectivity index (χ2v) is 5.92. The van der Waals surface area contributed by atoms with Gasteiger partial charge in [-0.1, -0.05) is 38.7 Å². The van der Waals surface area contributed by atoms with E-state index < -0.39 is 5.97 Å². The Morgan fingerprint density at radius 3 is 2.30 bits per heavy atom. The van der Waals surface area contributed by atoms with Gasteiger partial charge in [0.25, 0.3) is 0 Å². The first-order valence-corrected chi connectivity index (χ1v) is 8.53. The summed E-state index contributed by atoms with van der Waals surface area (Å²) in [5, 5.41) is 8.67. The number of carboxylic acids is 1. The highest BCUT2D eigenvalue weighted by atomic mass is 35.5. The van der Waals surface area contributed by atoms with Crippen LogP contribution in [0.4, 0.5) is 0 Å². The Hall–Kier alpha value is -1.07. The van der Waals surface area contributed by atoms with Crippen LogP contribution in [0.5, 0.6) is 0 Å². The molecule has 0 radical (unpaired) electrons. The smallest absolute Gasteiger partial charge is 0.304 e. The lowest BCUT2D eigenvalue weighted by Gasteiger charge is -2.33. The molecule has 5 nitrogen and oxygen atoms in total. The third-order valence-electron chi connectivity index (χ3n) is 4.06. The summed E-state index contributed by atoms with van der Waals surface area (Å²) in [5.41, 5.74) is 0. The molecule has 134 valence electrons. The van der Waals surface area contributed by atoms with Crippen LogP contribution in [-0.4, -0.2) is 59.5 Å². The first-order valence-electron chi connectivity index (χ1n) is 8.53. The molecule has 0 saturated carbocycles. The van der Waals surface area contributed by atoms with Gasteiger partial charge in [0.05, 0.1) is 6.42 Å². The summed E-state index contributed by atoms with van der Waals surface area (Å²) in [6, 6.07) is 0. The maximum atomic E-state index is 12.0. The summed E-state index contributed by atoms with van der Waals surface area (Å²) < 4.78 is 0. The van der Waals surface area contributed by atoms with E-state index in [1.54, 1.807) is 6.08 Å². The highest BCUT2D eigenvalue weighted by molar-refractivity contribution is 5.87. The number of hydrogen-bond acceptors (Lipinski definition) is 3. The van der Waals surface area contributed by atoms with Crippen LogP contribution in [0.1, 0.15) is 51.9 Å². The number of allylic oxidation sites excluding steroid dienone is 1. The fourth-order valence-electron chi connectivity index (χ4n) is 2.60. The zero-order valence-corrected chi connectivity index (χ0v) is 15.0. The molecule has 1 aliphatic rings. The number of nitrogens with zero attached hydrogens (tertiary/aromatic N) is 2. The van der Waals surface area contributed by atoms with Crippen molar-refractivity contribution in [1.82, 2.24) is 9.80 Å². The van der Waals surface area contributed by atoms with Gasteiger partial charge in [0, 0.05) is 32.7 Å². The van der Waals surface area contributed by atoms with E-state index >= 15 is 0 Å². The van der Waals surface area contributed by atoms with Gasteiger partial charge >= 0.3 is 5.97 Å². The molecular formula is C17H31ClN2O3. The Labute approximate surface area is 146 Å². The van der Waals surface area contributed by atoms with Gasteiger partial charge in [0.15, 0.2) is 0 Å². The van der Waals surface area contributed by atoms with Crippen LogP contribution in [0.15, 0.2) is 12.2 Å². The molecule has 0 atom stereocenters. The topological polar surface area (TPSA) is 60.9 Å². The van der Waals surface area contributed by atoms with Gasteiger partial charge in [-0.3, -0.25) is 14.5 Å². The fraction of sp³-hybridized carbons (Fsp3) is 0.765. The Morgan fingerprint density at radius 1 is 1.04 bits per heavy atom. The first kappa shape index (κ1) is 21.9. The van der Waals surface area contributed by atoms with Crippen molar-refractivity contribution in [1.29, 1.82) is 0 Å². The number of carbonyl (C=O) groups excluding carboxylic acids is 1. The van der Waals surface area contributed by atoms with Crippen molar-refractivity contribution in [2.24, 2.45) is 0 Å². The van der Waals surface area contributed by atoms with Gasteiger partial charge in [0.1, 0.15) is 0 Å². The number of unbranched alkanes of at least 4 members (excludes halogenated alkanes) is 5. The monoisotopic (exact) mass is 346 g/mol. The lowest BCUT2D eigenvalue weighted by molar-refractivity contribution is -0.138. The maximum absolute atomic E-state index is 12.0. The Bertz CT molecular complexity index is 367. The van der Waals surface area contributed by atoms with Crippen LogP contribution in [0.3, 0.4) is 0 Å². The summed E-state index contributed by atoms with van der Waals surface area (Å²) in [6.07, 6.45) is 11.1. The minimum atomic E-state index is -0.764. The van der Waals surface area contributed by atoms with Crippen molar-refractivity contribution < 1.29 is 14.7 Å². The van der Waals surface area contributed by atoms with Crippen LogP contribution in [0.25, 0.3) is 0 Å². The number of piperazine rings is 1. The van der Waals surface area contributed by atoms with Crippen LogP contribution in [-0.2, 0) is 9.59 Å². The molecular weight excluding hydrogens is 316 g/mol. The molecule has 1 saturated heterocycles. The number of halogens is 1. The van der Waals surface area contributed by atoms with Gasteiger partial charge in [-0.25, -0.2) is 0 Å². The molecule has 1 fully saturated rings. The molecule has 23 heavy (non-hydrogen) atoms. The van der Waals surface area contributed by atoms with E-state index in [0.29, 0.717) is 19.6 Å². The van der Waals surface area contributed by atoms with Gasteiger partial charge in [-0.2, -0.15) is 0 Å². The SMILES string of the molecule is CCCCCCC/C=C/C(=O)N1CCN(CCC(=O)O)CC1.Cl. The van der Waals surface area contributed by atoms with E-state index in [1.165, 1.54) is 25.7 Å². The lowest BCUT2D eigenvalue weighted by atomic mass is 10.1. The van der Waals surface area contributed by atoms with Crippen molar-refractivity contribution >= 4 is 24.3 Å². The van der Waals surface area contributed by atoms with E-state index in [-0.39, 0.29) is 24.7 Å². The minimum Gasteiger partial charge on any atom is -0.481 e. The third-order valence-corrected chi connectivity index (χ3v) is 4.06. The van der Waals surface area contributed by atoms with Crippen LogP contribution < -0.4 is 0 Å². The molecule has 6 heteroatoms. The molecule has 0 unspecified atom stereocenters. The second kappa shape index (κ2) is 13.4. The standard InChI is InChI=1S/C17H30N2O3.ClH/c1-2-3-4-5-6-7-8-9-16(20)19-14-12-18(13-15-19)11-10-17(21)22;/h8-9H,2-7,10-15H2,1H3,(H,21,22);1H/b9-8+;. The zero-order valence-electron chi connectivity index (χ0n) is 14.2. The predicted octanol–water partition coefficient (Wildman–Crippen LogP) is 2.94. The van der Waals surface area contributed by atoms with Gasteiger partial charge in [-0.15, -0.1) is 12.4 Å². The van der Waals surface area contributed by atoms with Crippen LogP contribution >= 0.6 is 12.4 Å². The molecule has 1 rings (SSSR count). The van der Waals surface area contributed by atoms with E-state index in [4.69, 9.17) is 5.11 Å². The summed E-state index contributed by atoms with van der Waals surface area (Å²) in [5.74, 6) is -0.674. The van der Waals surface area contributed by atoms with Crippen molar-refractivity contribution in [2.75, 3.05) is 32.7 Å². The largest absolute Gasteiger partial charge is 0.481 e. The second-order valence-electron chi connectivity index (χ2n) is 5.92. The molecule has 0 aromatic rings. The molecule has 0 bridgehead atoms. The number of hydrogen-bond donors (Lipinski definition) is 1. The van der Waals surface area contributed by atoms with Crippen LogP contribution in [0.2, 0.25) is 0 Å². The molecule has 0 aromatic carbocycles. The Balaban J connectivity index is 0.00000484. The van der Waals surface area contributed by atoms with Gasteiger partial charge in [0.2, 0.25) is 5.91 Å². The van der Waals surface area contributed by atoms with Crippen molar-refractivity contribution in [3.05, 3.63) is 12.2 Å². The van der Waals surface area contributed by atoms with E-state index in [1.807, 2.05) is 11.0 Å². The molecule has 1 aliphatic heterocycles. The lowest BCUT2D eigenvalue weighted by Crippen LogP contribution is -2.48. The molecule has 0 aromatic heterocycles. The minimum absolute atomic E-state index is 0. The number of aliphatic carboxylic acids is 1. The third kappa shape index (κ3) is 10.3. The summed E-state index contributed by atoms with van der Waals surface area (Å²) >= 11 is 0. The normalized spacial score (nSPS) is 15.6. The van der Waals surface area contributed by atoms with Crippen molar-refractivity contribution in [2.45, 2.75) is 51.9 Å². The van der Waals surface area contributed by atoms with Crippen molar-refractivity contribution in [3.8, 4) is 0 Å². The Kier molecular flexibility index (Phi) is 12.8. The molecule has 0 spiro atoms. The predicted molar refractivity (Wildman–Crippen MR) is 95.0 cm³/mol. The number of carboxylic acid groups (broad SMARTS) is 1. The van der Waals surface area contributed by atoms with E-state index in [2.05, 4.69) is 11.8 Å². The molecule has 1 N–H and O–H groups in total. The number of rotatable bonds is 10. The fourth-order valence-corrected chi connectivity index (χ4v) is 2.60. The van der Waals surface area contributed by atoms with E-state index in [9.17, 15) is 9.59 Å². The highest BCUT2D eigenvalue weighted by Gasteiger charge is 2.19. The molecule has 1 amide bonds. The first-order chi connectivity index (χ1) is 10.6. The highest BCUT2D eigenvalue weighted by Crippen LogP contribution is 2.07.